The predicted molar refractivity (Wildman–Crippen MR) is 163 cm³/mol. The van der Waals surface area contributed by atoms with Gasteiger partial charge in [0.2, 0.25) is 0 Å². The number of fused-ring (bicyclic) bond motifs is 5. The van der Waals surface area contributed by atoms with Crippen molar-refractivity contribution in [3.63, 3.8) is 0 Å². The van der Waals surface area contributed by atoms with E-state index in [0.29, 0.717) is 0 Å². The molecule has 1 aliphatic carbocycles. The number of para-hydroxylation sites is 2. The first-order chi connectivity index (χ1) is 18.7. The molecule has 0 radical (unpaired) electrons. The molecule has 0 saturated heterocycles. The Balaban J connectivity index is 1.27. The Labute approximate surface area is 231 Å². The molecule has 5 aromatic rings. The number of nitrogens with zero attached hydrogens (tertiary/aromatic N) is 2. The SMILES string of the molecule is CN1CN(c2cccc(C#Cc3cccc4c3oc3ccccc34)c2)c2cc3c(cc21)C(C)(C)CCC3(C)C. The minimum Gasteiger partial charge on any atom is -0.455 e. The van der Waals surface area contributed by atoms with Crippen molar-refractivity contribution in [1.29, 1.82) is 0 Å². The summed E-state index contributed by atoms with van der Waals surface area (Å²) in [6.07, 6.45) is 2.44. The Morgan fingerprint density at radius 3 is 2.21 bits per heavy atom. The Bertz CT molecular complexity index is 1830. The highest BCUT2D eigenvalue weighted by atomic mass is 16.3. The third-order valence-corrected chi connectivity index (χ3v) is 8.91. The number of rotatable bonds is 1. The van der Waals surface area contributed by atoms with Crippen LogP contribution in [-0.2, 0) is 10.8 Å². The lowest BCUT2D eigenvalue weighted by Crippen LogP contribution is -2.34. The molecule has 3 heteroatoms. The van der Waals surface area contributed by atoms with Crippen LogP contribution in [0.5, 0.6) is 0 Å². The number of hydrogen-bond acceptors (Lipinski definition) is 3. The van der Waals surface area contributed by atoms with E-state index < -0.39 is 0 Å². The van der Waals surface area contributed by atoms with Crippen LogP contribution in [0, 0.1) is 11.8 Å². The van der Waals surface area contributed by atoms with E-state index in [0.717, 1.165) is 39.7 Å². The number of hydrogen-bond donors (Lipinski definition) is 0. The van der Waals surface area contributed by atoms with Gasteiger partial charge in [-0.3, -0.25) is 0 Å². The smallest absolute Gasteiger partial charge is 0.151 e. The zero-order chi connectivity index (χ0) is 26.9. The lowest BCUT2D eigenvalue weighted by Gasteiger charge is -2.42. The number of benzene rings is 4. The molecule has 2 aliphatic rings. The van der Waals surface area contributed by atoms with Crippen LogP contribution in [0.1, 0.15) is 62.8 Å². The summed E-state index contributed by atoms with van der Waals surface area (Å²) in [6, 6.07) is 27.9. The Morgan fingerprint density at radius 1 is 0.718 bits per heavy atom. The lowest BCUT2D eigenvalue weighted by molar-refractivity contribution is 0.332. The van der Waals surface area contributed by atoms with Crippen molar-refractivity contribution in [2.75, 3.05) is 23.5 Å². The summed E-state index contributed by atoms with van der Waals surface area (Å²) in [7, 11) is 2.20. The summed E-state index contributed by atoms with van der Waals surface area (Å²) < 4.78 is 6.19. The molecule has 0 amide bonds. The van der Waals surface area contributed by atoms with Crippen molar-refractivity contribution >= 4 is 39.0 Å². The van der Waals surface area contributed by atoms with E-state index in [9.17, 15) is 0 Å². The van der Waals surface area contributed by atoms with E-state index >= 15 is 0 Å². The predicted octanol–water partition coefficient (Wildman–Crippen LogP) is 8.88. The highest BCUT2D eigenvalue weighted by molar-refractivity contribution is 6.06. The fraction of sp³-hybridized carbons (Fsp3) is 0.278. The van der Waals surface area contributed by atoms with Crippen molar-refractivity contribution in [3.05, 3.63) is 101 Å². The standard InChI is InChI=1S/C36H34N2O/c1-35(2)18-19-36(3,4)30-22-32-31(21-29(30)35)37(5)23-38(32)26-12-8-10-24(20-26)16-17-25-11-9-14-28-27-13-6-7-15-33(27)39-34(25)28/h6-15,20-22H,18-19,23H2,1-5H3. The van der Waals surface area contributed by atoms with E-state index in [2.05, 4.69) is 111 Å². The van der Waals surface area contributed by atoms with Gasteiger partial charge in [0.1, 0.15) is 5.58 Å². The van der Waals surface area contributed by atoms with Crippen molar-refractivity contribution in [2.24, 2.45) is 0 Å². The molecule has 0 bridgehead atoms. The quantitative estimate of drug-likeness (QED) is 0.210. The molecule has 194 valence electrons. The Kier molecular flexibility index (Phi) is 5.16. The van der Waals surface area contributed by atoms with Crippen molar-refractivity contribution < 1.29 is 4.42 Å². The first-order valence-electron chi connectivity index (χ1n) is 13.9. The van der Waals surface area contributed by atoms with Gasteiger partial charge in [0, 0.05) is 29.1 Å². The molecule has 1 aromatic heterocycles. The van der Waals surface area contributed by atoms with Crippen molar-refractivity contribution in [2.45, 2.75) is 51.4 Å². The van der Waals surface area contributed by atoms with Crippen LogP contribution < -0.4 is 9.80 Å². The van der Waals surface area contributed by atoms with Gasteiger partial charge in [0.05, 0.1) is 23.6 Å². The zero-order valence-electron chi connectivity index (χ0n) is 23.4. The molecule has 0 fully saturated rings. The summed E-state index contributed by atoms with van der Waals surface area (Å²) in [5, 5.41) is 2.24. The van der Waals surface area contributed by atoms with Gasteiger partial charge < -0.3 is 14.2 Å². The molecule has 7 rings (SSSR count). The normalized spacial score (nSPS) is 17.2. The first-order valence-corrected chi connectivity index (χ1v) is 13.9. The maximum absolute atomic E-state index is 6.19. The van der Waals surface area contributed by atoms with Gasteiger partial charge in [-0.25, -0.2) is 0 Å². The summed E-state index contributed by atoms with van der Waals surface area (Å²) in [5.41, 5.74) is 10.8. The molecule has 0 saturated carbocycles. The Hall–Kier alpha value is -4.16. The maximum atomic E-state index is 6.19. The topological polar surface area (TPSA) is 19.6 Å². The third kappa shape index (κ3) is 3.81. The number of anilines is 3. The summed E-state index contributed by atoms with van der Waals surface area (Å²) in [6.45, 7) is 10.4. The van der Waals surface area contributed by atoms with Crippen LogP contribution in [0.3, 0.4) is 0 Å². The molecular formula is C36H34N2O. The molecule has 4 aromatic carbocycles. The summed E-state index contributed by atoms with van der Waals surface area (Å²) in [5.74, 6) is 6.82. The van der Waals surface area contributed by atoms with Gasteiger partial charge >= 0.3 is 0 Å². The largest absolute Gasteiger partial charge is 0.455 e. The molecule has 3 nitrogen and oxygen atoms in total. The minimum atomic E-state index is 0.178. The fourth-order valence-corrected chi connectivity index (χ4v) is 6.43. The van der Waals surface area contributed by atoms with Gasteiger partial charge in [-0.15, -0.1) is 0 Å². The van der Waals surface area contributed by atoms with Gasteiger partial charge in [0.15, 0.2) is 5.58 Å². The molecule has 0 N–H and O–H groups in total. The highest BCUT2D eigenvalue weighted by Crippen LogP contribution is 2.51. The summed E-state index contributed by atoms with van der Waals surface area (Å²) in [4.78, 5) is 4.80. The zero-order valence-corrected chi connectivity index (χ0v) is 23.4. The second-order valence-electron chi connectivity index (χ2n) is 12.5. The van der Waals surface area contributed by atoms with E-state index in [1.54, 1.807) is 0 Å². The molecule has 39 heavy (non-hydrogen) atoms. The molecule has 1 aliphatic heterocycles. The lowest BCUT2D eigenvalue weighted by atomic mass is 9.63. The molecular weight excluding hydrogens is 476 g/mol. The average Bonchev–Trinajstić information content (AvgIpc) is 3.48. The Morgan fingerprint density at radius 2 is 1.41 bits per heavy atom. The molecule has 0 atom stereocenters. The average molecular weight is 511 g/mol. The van der Waals surface area contributed by atoms with Gasteiger partial charge in [-0.05, 0) is 77.3 Å². The van der Waals surface area contributed by atoms with Crippen LogP contribution in [0.25, 0.3) is 21.9 Å². The van der Waals surface area contributed by atoms with Crippen LogP contribution >= 0.6 is 0 Å². The summed E-state index contributed by atoms with van der Waals surface area (Å²) >= 11 is 0. The fourth-order valence-electron chi connectivity index (χ4n) is 6.43. The van der Waals surface area contributed by atoms with E-state index in [4.69, 9.17) is 4.42 Å². The van der Waals surface area contributed by atoms with Crippen molar-refractivity contribution in [1.82, 2.24) is 0 Å². The second kappa shape index (κ2) is 8.42. The third-order valence-electron chi connectivity index (χ3n) is 8.91. The van der Waals surface area contributed by atoms with Crippen LogP contribution in [-0.4, -0.2) is 13.7 Å². The first kappa shape index (κ1) is 23.9. The monoisotopic (exact) mass is 510 g/mol. The highest BCUT2D eigenvalue weighted by Gasteiger charge is 2.39. The van der Waals surface area contributed by atoms with E-state index in [1.165, 1.54) is 41.0 Å². The molecule has 0 spiro atoms. The van der Waals surface area contributed by atoms with Crippen LogP contribution in [0.4, 0.5) is 17.1 Å². The van der Waals surface area contributed by atoms with E-state index in [-0.39, 0.29) is 10.8 Å². The number of furan rings is 1. The van der Waals surface area contributed by atoms with Crippen LogP contribution in [0.2, 0.25) is 0 Å². The van der Waals surface area contributed by atoms with Crippen LogP contribution in [0.15, 0.2) is 83.3 Å². The minimum absolute atomic E-state index is 0.178. The molecule has 2 heterocycles. The second-order valence-corrected chi connectivity index (χ2v) is 12.5. The van der Waals surface area contributed by atoms with Crippen molar-refractivity contribution in [3.8, 4) is 11.8 Å². The maximum Gasteiger partial charge on any atom is 0.151 e. The van der Waals surface area contributed by atoms with E-state index in [1.807, 2.05) is 24.3 Å². The van der Waals surface area contributed by atoms with Gasteiger partial charge in [0.25, 0.3) is 0 Å². The molecule has 0 unspecified atom stereocenters. The van der Waals surface area contributed by atoms with Gasteiger partial charge in [-0.1, -0.05) is 75.9 Å². The van der Waals surface area contributed by atoms with Gasteiger partial charge in [-0.2, -0.15) is 0 Å².